The molecule has 1 aliphatic rings. The first-order valence-corrected chi connectivity index (χ1v) is 6.24. The smallest absolute Gasteiger partial charge is 0.314 e. The predicted molar refractivity (Wildman–Crippen MR) is 73.3 cm³/mol. The summed E-state index contributed by atoms with van der Waals surface area (Å²) in [6, 6.07) is 4.48. The first-order valence-electron chi connectivity index (χ1n) is 6.24. The van der Waals surface area contributed by atoms with Crippen LogP contribution in [0.4, 0.5) is 5.69 Å². The Balaban J connectivity index is 2.09. The number of hydrogen-bond acceptors (Lipinski definition) is 5. The van der Waals surface area contributed by atoms with E-state index in [1.54, 1.807) is 6.07 Å². The Morgan fingerprint density at radius 1 is 1.55 bits per heavy atom. The van der Waals surface area contributed by atoms with Crippen LogP contribution in [0.5, 0.6) is 11.5 Å². The topological polar surface area (TPSA) is 111 Å². The van der Waals surface area contributed by atoms with Gasteiger partial charge >= 0.3 is 5.69 Å². The van der Waals surface area contributed by atoms with Crippen molar-refractivity contribution < 1.29 is 14.4 Å². The van der Waals surface area contributed by atoms with E-state index in [0.717, 1.165) is 12.8 Å². The summed E-state index contributed by atoms with van der Waals surface area (Å²) in [5, 5.41) is 18.4. The molecular weight excluding hydrogens is 262 g/mol. The summed E-state index contributed by atoms with van der Waals surface area (Å²) in [6.07, 6.45) is 2.32. The summed E-state index contributed by atoms with van der Waals surface area (Å²) in [7, 11) is 1.45. The summed E-state index contributed by atoms with van der Waals surface area (Å²) >= 11 is 0. The van der Waals surface area contributed by atoms with E-state index in [1.807, 2.05) is 0 Å². The molecule has 7 heteroatoms. The van der Waals surface area contributed by atoms with Gasteiger partial charge in [-0.1, -0.05) is 0 Å². The Kier molecular flexibility index (Phi) is 3.78. The monoisotopic (exact) mass is 279 g/mol. The van der Waals surface area contributed by atoms with Crippen LogP contribution in [-0.2, 0) is 0 Å². The van der Waals surface area contributed by atoms with E-state index in [-0.39, 0.29) is 22.7 Å². The molecule has 0 heterocycles. The molecule has 0 spiro atoms. The largest absolute Gasteiger partial charge is 0.496 e. The van der Waals surface area contributed by atoms with E-state index in [0.29, 0.717) is 18.8 Å². The zero-order chi connectivity index (χ0) is 14.8. The van der Waals surface area contributed by atoms with E-state index in [2.05, 4.69) is 0 Å². The number of rotatable bonds is 7. The average Bonchev–Trinajstić information content (AvgIpc) is 3.15. The molecule has 1 saturated carbocycles. The number of nitrogens with zero attached hydrogens (tertiary/aromatic N) is 1. The van der Waals surface area contributed by atoms with Crippen molar-refractivity contribution >= 4 is 11.5 Å². The van der Waals surface area contributed by atoms with Gasteiger partial charge in [0.05, 0.1) is 30.5 Å². The second-order valence-corrected chi connectivity index (χ2v) is 5.08. The van der Waals surface area contributed by atoms with Gasteiger partial charge in [0.2, 0.25) is 0 Å². The molecule has 0 atom stereocenters. The first-order chi connectivity index (χ1) is 9.46. The number of amidine groups is 1. The molecule has 1 fully saturated rings. The minimum Gasteiger partial charge on any atom is -0.496 e. The molecule has 1 aliphatic carbocycles. The maximum Gasteiger partial charge on any atom is 0.314 e. The van der Waals surface area contributed by atoms with Gasteiger partial charge in [0.1, 0.15) is 5.75 Å². The van der Waals surface area contributed by atoms with Crippen LogP contribution < -0.4 is 15.2 Å². The second kappa shape index (κ2) is 5.36. The zero-order valence-electron chi connectivity index (χ0n) is 11.2. The summed E-state index contributed by atoms with van der Waals surface area (Å²) < 4.78 is 10.5. The van der Waals surface area contributed by atoms with Crippen LogP contribution in [0.2, 0.25) is 0 Å². The molecular formula is C13H17N3O4. The molecule has 0 saturated heterocycles. The Morgan fingerprint density at radius 2 is 2.25 bits per heavy atom. The fraction of sp³-hybridized carbons (Fsp3) is 0.462. The molecule has 0 bridgehead atoms. The van der Waals surface area contributed by atoms with Gasteiger partial charge in [0.25, 0.3) is 0 Å². The molecule has 0 radical (unpaired) electrons. The molecule has 3 N–H and O–H groups in total. The fourth-order valence-corrected chi connectivity index (χ4v) is 2.07. The highest BCUT2D eigenvalue weighted by Crippen LogP contribution is 2.49. The van der Waals surface area contributed by atoms with E-state index in [4.69, 9.17) is 20.6 Å². The molecule has 0 aromatic heterocycles. The lowest BCUT2D eigenvalue weighted by Gasteiger charge is -2.15. The Morgan fingerprint density at radius 3 is 2.75 bits per heavy atom. The van der Waals surface area contributed by atoms with Crippen LogP contribution in [0.3, 0.4) is 0 Å². The van der Waals surface area contributed by atoms with Gasteiger partial charge in [0.15, 0.2) is 5.75 Å². The Labute approximate surface area is 116 Å². The number of ether oxygens (including phenoxy) is 2. The zero-order valence-corrected chi connectivity index (χ0v) is 11.2. The minimum absolute atomic E-state index is 0.121. The third kappa shape index (κ3) is 3.17. The van der Waals surface area contributed by atoms with Gasteiger partial charge in [-0.2, -0.15) is 0 Å². The molecule has 2 rings (SSSR count). The highest BCUT2D eigenvalue weighted by molar-refractivity contribution is 5.78. The van der Waals surface area contributed by atoms with Crippen molar-refractivity contribution in [3.8, 4) is 11.5 Å². The third-order valence-corrected chi connectivity index (χ3v) is 3.42. The van der Waals surface area contributed by atoms with Gasteiger partial charge in [0, 0.05) is 11.8 Å². The van der Waals surface area contributed by atoms with Crippen molar-refractivity contribution in [3.05, 3.63) is 28.3 Å². The van der Waals surface area contributed by atoms with E-state index >= 15 is 0 Å². The van der Waals surface area contributed by atoms with Crippen LogP contribution in [-0.4, -0.2) is 24.5 Å². The number of benzene rings is 1. The molecule has 0 aliphatic heterocycles. The third-order valence-electron chi connectivity index (χ3n) is 3.42. The summed E-state index contributed by atoms with van der Waals surface area (Å²) in [6.45, 7) is 0.333. The standard InChI is InChI=1S/C13H17N3O4/c1-19-9-2-3-11(10(6-9)16(17)18)20-8-13(4-5-13)7-12(14)15/h2-3,6H,4-5,7-8H2,1H3,(H3,14,15). The number of nitro benzene ring substituents is 1. The van der Waals surface area contributed by atoms with Crippen LogP contribution in [0, 0.1) is 20.9 Å². The number of nitro groups is 1. The van der Waals surface area contributed by atoms with Crippen molar-refractivity contribution in [1.82, 2.24) is 0 Å². The summed E-state index contributed by atoms with van der Waals surface area (Å²) in [5.74, 6) is 0.745. The highest BCUT2D eigenvalue weighted by Gasteiger charge is 2.44. The lowest BCUT2D eigenvalue weighted by atomic mass is 10.0. The lowest BCUT2D eigenvalue weighted by Crippen LogP contribution is -2.22. The molecule has 7 nitrogen and oxygen atoms in total. The SMILES string of the molecule is COc1ccc(OCC2(CC(=N)N)CC2)c([N+](=O)[O-])c1. The minimum atomic E-state index is -0.498. The number of nitrogens with one attached hydrogen (secondary N) is 1. The molecule has 0 unspecified atom stereocenters. The molecule has 0 amide bonds. The average molecular weight is 279 g/mol. The highest BCUT2D eigenvalue weighted by atomic mass is 16.6. The van der Waals surface area contributed by atoms with Crippen molar-refractivity contribution in [2.24, 2.45) is 11.1 Å². The summed E-state index contributed by atoms with van der Waals surface area (Å²) in [4.78, 5) is 10.5. The van der Waals surface area contributed by atoms with Crippen LogP contribution in [0.25, 0.3) is 0 Å². The maximum atomic E-state index is 11.0. The summed E-state index contributed by atoms with van der Waals surface area (Å²) in [5.41, 5.74) is 5.16. The van der Waals surface area contributed by atoms with Crippen molar-refractivity contribution in [2.45, 2.75) is 19.3 Å². The van der Waals surface area contributed by atoms with Gasteiger partial charge in [-0.3, -0.25) is 15.5 Å². The van der Waals surface area contributed by atoms with Crippen molar-refractivity contribution in [2.75, 3.05) is 13.7 Å². The predicted octanol–water partition coefficient (Wildman–Crippen LogP) is 2.09. The second-order valence-electron chi connectivity index (χ2n) is 5.08. The number of hydrogen-bond donors (Lipinski definition) is 2. The normalized spacial score (nSPS) is 15.4. The van der Waals surface area contributed by atoms with Crippen molar-refractivity contribution in [3.63, 3.8) is 0 Å². The van der Waals surface area contributed by atoms with Gasteiger partial charge in [-0.05, 0) is 25.0 Å². The van der Waals surface area contributed by atoms with Gasteiger partial charge < -0.3 is 15.2 Å². The van der Waals surface area contributed by atoms with Crippen LogP contribution in [0.1, 0.15) is 19.3 Å². The van der Waals surface area contributed by atoms with E-state index in [9.17, 15) is 10.1 Å². The van der Waals surface area contributed by atoms with Crippen LogP contribution in [0.15, 0.2) is 18.2 Å². The Bertz CT molecular complexity index is 540. The lowest BCUT2D eigenvalue weighted by molar-refractivity contribution is -0.386. The van der Waals surface area contributed by atoms with E-state index in [1.165, 1.54) is 19.2 Å². The number of methoxy groups -OCH3 is 1. The molecule has 1 aromatic carbocycles. The molecule has 108 valence electrons. The van der Waals surface area contributed by atoms with E-state index < -0.39 is 4.92 Å². The quantitative estimate of drug-likeness (QED) is 0.343. The fourth-order valence-electron chi connectivity index (χ4n) is 2.07. The van der Waals surface area contributed by atoms with Crippen LogP contribution >= 0.6 is 0 Å². The first kappa shape index (κ1) is 14.1. The Hall–Kier alpha value is -2.31. The van der Waals surface area contributed by atoms with Gasteiger partial charge in [-0.15, -0.1) is 0 Å². The molecule has 1 aromatic rings. The van der Waals surface area contributed by atoms with Gasteiger partial charge in [-0.25, -0.2) is 0 Å². The molecule has 20 heavy (non-hydrogen) atoms. The van der Waals surface area contributed by atoms with Crippen molar-refractivity contribution in [1.29, 1.82) is 5.41 Å². The maximum absolute atomic E-state index is 11.0. The number of nitrogens with two attached hydrogens (primary N) is 1.